The molecule has 1 aromatic carbocycles. The van der Waals surface area contributed by atoms with Gasteiger partial charge in [0.15, 0.2) is 11.6 Å². The molecule has 0 fully saturated rings. The van der Waals surface area contributed by atoms with Crippen LogP contribution < -0.4 is 0 Å². The zero-order valence-electron chi connectivity index (χ0n) is 11.2. The van der Waals surface area contributed by atoms with E-state index in [1.54, 1.807) is 12.1 Å². The second-order valence-electron chi connectivity index (χ2n) is 5.47. The van der Waals surface area contributed by atoms with Crippen molar-refractivity contribution in [3.05, 3.63) is 46.5 Å². The lowest BCUT2D eigenvalue weighted by molar-refractivity contribution is 0.0953. The number of ketones is 2. The fraction of sp³-hybridized carbons (Fsp3) is 0.412. The predicted octanol–water partition coefficient (Wildman–Crippen LogP) is 3.96. The number of allylic oxidation sites excluding steroid dienone is 2. The number of rotatable bonds is 2. The molecule has 0 aliphatic heterocycles. The van der Waals surface area contributed by atoms with E-state index in [1.807, 2.05) is 12.1 Å². The highest BCUT2D eigenvalue weighted by molar-refractivity contribution is 6.27. The first-order chi connectivity index (χ1) is 9.24. The molecule has 0 saturated carbocycles. The van der Waals surface area contributed by atoms with Gasteiger partial charge in [-0.3, -0.25) is 9.59 Å². The number of carbonyl (C=O) groups excluding carboxylic acids is 2. The molecule has 2 nitrogen and oxygen atoms in total. The summed E-state index contributed by atoms with van der Waals surface area (Å²) in [7, 11) is 0. The van der Waals surface area contributed by atoms with Gasteiger partial charge in [0.05, 0.1) is 0 Å². The molecule has 1 unspecified atom stereocenters. The third-order valence-corrected chi connectivity index (χ3v) is 4.28. The van der Waals surface area contributed by atoms with Gasteiger partial charge in [0.25, 0.3) is 0 Å². The molecular formula is C17H18O2. The average molecular weight is 254 g/mol. The first-order valence-corrected chi connectivity index (χ1v) is 7.15. The highest BCUT2D eigenvalue weighted by Crippen LogP contribution is 2.40. The van der Waals surface area contributed by atoms with Crippen molar-refractivity contribution < 1.29 is 9.59 Å². The molecule has 1 atom stereocenters. The lowest BCUT2D eigenvalue weighted by Gasteiger charge is -2.30. The van der Waals surface area contributed by atoms with Crippen LogP contribution in [-0.4, -0.2) is 11.6 Å². The Balaban J connectivity index is 2.13. The van der Waals surface area contributed by atoms with Crippen LogP contribution in [0, 0.1) is 5.92 Å². The molecule has 19 heavy (non-hydrogen) atoms. The number of fused-ring (bicyclic) bond motifs is 1. The van der Waals surface area contributed by atoms with Crippen molar-refractivity contribution in [1.29, 1.82) is 0 Å². The fourth-order valence-corrected chi connectivity index (χ4v) is 3.43. The molecule has 2 aliphatic carbocycles. The minimum atomic E-state index is 0.0889. The summed E-state index contributed by atoms with van der Waals surface area (Å²) >= 11 is 0. The molecule has 0 heterocycles. The van der Waals surface area contributed by atoms with Gasteiger partial charge in [0.1, 0.15) is 0 Å². The monoisotopic (exact) mass is 254 g/mol. The van der Waals surface area contributed by atoms with E-state index < -0.39 is 0 Å². The van der Waals surface area contributed by atoms with Crippen molar-refractivity contribution in [2.45, 2.75) is 39.0 Å². The van der Waals surface area contributed by atoms with Gasteiger partial charge in [-0.2, -0.15) is 0 Å². The van der Waals surface area contributed by atoms with Crippen LogP contribution in [0.1, 0.15) is 59.7 Å². The van der Waals surface area contributed by atoms with Crippen molar-refractivity contribution in [2.24, 2.45) is 5.92 Å². The normalized spacial score (nSPS) is 22.3. The van der Waals surface area contributed by atoms with Gasteiger partial charge in [-0.1, -0.05) is 37.6 Å². The van der Waals surface area contributed by atoms with Crippen LogP contribution in [0.4, 0.5) is 0 Å². The summed E-state index contributed by atoms with van der Waals surface area (Å²) in [5.74, 6) is 0.480. The molecule has 0 aromatic heterocycles. The van der Waals surface area contributed by atoms with Gasteiger partial charge >= 0.3 is 0 Å². The van der Waals surface area contributed by atoms with Gasteiger partial charge in [-0.15, -0.1) is 0 Å². The minimum absolute atomic E-state index is 0.0889. The van der Waals surface area contributed by atoms with Crippen LogP contribution in [0.3, 0.4) is 0 Å². The maximum absolute atomic E-state index is 12.7. The summed E-state index contributed by atoms with van der Waals surface area (Å²) in [5.41, 5.74) is 2.84. The summed E-state index contributed by atoms with van der Waals surface area (Å²) in [6.07, 6.45) is 4.93. The van der Waals surface area contributed by atoms with Gasteiger partial charge in [-0.05, 0) is 31.6 Å². The lowest BCUT2D eigenvalue weighted by atomic mass is 9.71. The van der Waals surface area contributed by atoms with Crippen molar-refractivity contribution >= 4 is 11.6 Å². The van der Waals surface area contributed by atoms with Crippen LogP contribution in [0.5, 0.6) is 0 Å². The maximum atomic E-state index is 12.7. The highest BCUT2D eigenvalue weighted by atomic mass is 16.1. The lowest BCUT2D eigenvalue weighted by Crippen LogP contribution is -2.29. The topological polar surface area (TPSA) is 34.1 Å². The molecule has 0 bridgehead atoms. The molecule has 0 spiro atoms. The summed E-state index contributed by atoms with van der Waals surface area (Å²) in [6.45, 7) is 2.14. The quantitative estimate of drug-likeness (QED) is 0.800. The Morgan fingerprint density at radius 1 is 1.11 bits per heavy atom. The zero-order chi connectivity index (χ0) is 13.4. The Kier molecular flexibility index (Phi) is 3.09. The summed E-state index contributed by atoms with van der Waals surface area (Å²) in [4.78, 5) is 25.2. The van der Waals surface area contributed by atoms with E-state index in [-0.39, 0.29) is 11.6 Å². The largest absolute Gasteiger partial charge is 0.289 e. The fourth-order valence-electron chi connectivity index (χ4n) is 3.43. The van der Waals surface area contributed by atoms with E-state index >= 15 is 0 Å². The molecule has 0 N–H and O–H groups in total. The Morgan fingerprint density at radius 2 is 1.79 bits per heavy atom. The van der Waals surface area contributed by atoms with E-state index in [4.69, 9.17) is 0 Å². The molecule has 98 valence electrons. The minimum Gasteiger partial charge on any atom is -0.289 e. The second-order valence-corrected chi connectivity index (χ2v) is 5.47. The standard InChI is InChI=1S/C17H18O2/c1-2-6-11-7-5-10-14-15(11)17(19)13-9-4-3-8-12(13)16(14)18/h3-4,8-9,11H,2,5-7,10H2,1H3. The Hall–Kier alpha value is -1.70. The predicted molar refractivity (Wildman–Crippen MR) is 74.4 cm³/mol. The third kappa shape index (κ3) is 1.86. The van der Waals surface area contributed by atoms with Gasteiger partial charge in [0.2, 0.25) is 0 Å². The molecular weight excluding hydrogens is 236 g/mol. The third-order valence-electron chi connectivity index (χ3n) is 4.28. The van der Waals surface area contributed by atoms with Crippen molar-refractivity contribution in [3.63, 3.8) is 0 Å². The smallest absolute Gasteiger partial charge is 0.190 e. The molecule has 2 aliphatic rings. The van der Waals surface area contributed by atoms with Crippen LogP contribution in [0.25, 0.3) is 0 Å². The Labute approximate surface area is 113 Å². The van der Waals surface area contributed by atoms with E-state index in [2.05, 4.69) is 6.92 Å². The Morgan fingerprint density at radius 3 is 2.47 bits per heavy atom. The number of hydrogen-bond acceptors (Lipinski definition) is 2. The van der Waals surface area contributed by atoms with Crippen LogP contribution in [0.2, 0.25) is 0 Å². The first kappa shape index (κ1) is 12.3. The summed E-state index contributed by atoms with van der Waals surface area (Å²) < 4.78 is 0. The van der Waals surface area contributed by atoms with E-state index in [1.165, 1.54) is 0 Å². The van der Waals surface area contributed by atoms with Gasteiger partial charge in [-0.25, -0.2) is 0 Å². The van der Waals surface area contributed by atoms with Crippen molar-refractivity contribution in [3.8, 4) is 0 Å². The van der Waals surface area contributed by atoms with Crippen LogP contribution in [-0.2, 0) is 0 Å². The van der Waals surface area contributed by atoms with Gasteiger partial charge in [0, 0.05) is 22.3 Å². The maximum Gasteiger partial charge on any atom is 0.190 e. The number of benzene rings is 1. The molecule has 0 radical (unpaired) electrons. The van der Waals surface area contributed by atoms with E-state index in [0.717, 1.165) is 43.3 Å². The average Bonchev–Trinajstić information content (AvgIpc) is 2.45. The molecule has 2 heteroatoms. The van der Waals surface area contributed by atoms with Crippen molar-refractivity contribution in [2.75, 3.05) is 0 Å². The van der Waals surface area contributed by atoms with Gasteiger partial charge < -0.3 is 0 Å². The van der Waals surface area contributed by atoms with E-state index in [9.17, 15) is 9.59 Å². The van der Waals surface area contributed by atoms with Crippen LogP contribution >= 0.6 is 0 Å². The molecule has 0 saturated heterocycles. The molecule has 1 aromatic rings. The highest BCUT2D eigenvalue weighted by Gasteiger charge is 2.36. The number of carbonyl (C=O) groups is 2. The second kappa shape index (κ2) is 4.76. The summed E-state index contributed by atoms with van der Waals surface area (Å²) in [6, 6.07) is 7.24. The van der Waals surface area contributed by atoms with Crippen LogP contribution in [0.15, 0.2) is 35.4 Å². The van der Waals surface area contributed by atoms with Crippen molar-refractivity contribution in [1.82, 2.24) is 0 Å². The summed E-state index contributed by atoms with van der Waals surface area (Å²) in [5, 5.41) is 0. The first-order valence-electron chi connectivity index (χ1n) is 7.15. The number of Topliss-reactive ketones (excluding diaryl/α,β-unsaturated/α-hetero) is 2. The molecule has 3 rings (SSSR count). The zero-order valence-corrected chi connectivity index (χ0v) is 11.2. The number of hydrogen-bond donors (Lipinski definition) is 0. The Bertz CT molecular complexity index is 581. The van der Waals surface area contributed by atoms with E-state index in [0.29, 0.717) is 17.0 Å². The SMILES string of the molecule is CCCC1CCCC2=C1C(=O)c1ccccc1C2=O. The molecule has 0 amide bonds.